The number of nitrogens with zero attached hydrogens (tertiary/aromatic N) is 3. The van der Waals surface area contributed by atoms with Gasteiger partial charge in [-0.2, -0.15) is 0 Å². The van der Waals surface area contributed by atoms with Crippen LogP contribution in [0.5, 0.6) is 0 Å². The maximum atomic E-state index is 12.7. The molecule has 0 aliphatic carbocycles. The summed E-state index contributed by atoms with van der Waals surface area (Å²) in [4.78, 5) is 12.7. The Balaban J connectivity index is 1.80. The number of furan rings is 1. The minimum atomic E-state index is -0.385. The van der Waals surface area contributed by atoms with E-state index in [1.54, 1.807) is 24.5 Å². The number of rotatable bonds is 7. The molecular formula is C20H21ClN4O2S. The summed E-state index contributed by atoms with van der Waals surface area (Å²) in [7, 11) is 0. The highest BCUT2D eigenvalue weighted by atomic mass is 35.5. The van der Waals surface area contributed by atoms with E-state index in [0.717, 1.165) is 16.9 Å². The SMILES string of the molecule is C=CCn1c(SC(C)C(=O)Nc2cc(Cl)ccc2C)nnc1-c1ccoc1C. The van der Waals surface area contributed by atoms with E-state index in [1.165, 1.54) is 11.8 Å². The zero-order valence-corrected chi connectivity index (χ0v) is 17.5. The lowest BCUT2D eigenvalue weighted by Gasteiger charge is -2.14. The fourth-order valence-electron chi connectivity index (χ4n) is 2.66. The lowest BCUT2D eigenvalue weighted by Crippen LogP contribution is -2.23. The van der Waals surface area contributed by atoms with Crippen molar-refractivity contribution >= 4 is 35.0 Å². The number of nitrogens with one attached hydrogen (secondary N) is 1. The second-order valence-corrected chi connectivity index (χ2v) is 8.05. The van der Waals surface area contributed by atoms with Crippen LogP contribution in [-0.4, -0.2) is 25.9 Å². The van der Waals surface area contributed by atoms with Gasteiger partial charge in [-0.05, 0) is 44.5 Å². The monoisotopic (exact) mass is 416 g/mol. The predicted molar refractivity (Wildman–Crippen MR) is 113 cm³/mol. The molecule has 8 heteroatoms. The number of aryl methyl sites for hydroxylation is 2. The molecule has 146 valence electrons. The highest BCUT2D eigenvalue weighted by Crippen LogP contribution is 2.30. The van der Waals surface area contributed by atoms with Gasteiger partial charge in [0.15, 0.2) is 11.0 Å². The molecular weight excluding hydrogens is 396 g/mol. The lowest BCUT2D eigenvalue weighted by atomic mass is 10.2. The molecule has 1 N–H and O–H groups in total. The van der Waals surface area contributed by atoms with E-state index in [9.17, 15) is 4.79 Å². The summed E-state index contributed by atoms with van der Waals surface area (Å²) in [6.07, 6.45) is 3.39. The normalized spacial score (nSPS) is 12.0. The van der Waals surface area contributed by atoms with Crippen molar-refractivity contribution in [2.45, 2.75) is 37.7 Å². The number of hydrogen-bond acceptors (Lipinski definition) is 5. The Bertz CT molecular complexity index is 1010. The molecule has 1 atom stereocenters. The first kappa shape index (κ1) is 20.2. The summed E-state index contributed by atoms with van der Waals surface area (Å²) in [5.74, 6) is 1.31. The van der Waals surface area contributed by atoms with Gasteiger partial charge in [0.2, 0.25) is 5.91 Å². The maximum Gasteiger partial charge on any atom is 0.237 e. The Hall–Kier alpha value is -2.51. The van der Waals surface area contributed by atoms with Gasteiger partial charge in [-0.25, -0.2) is 0 Å². The molecule has 6 nitrogen and oxygen atoms in total. The molecule has 3 rings (SSSR count). The van der Waals surface area contributed by atoms with E-state index >= 15 is 0 Å². The first-order valence-corrected chi connectivity index (χ1v) is 9.98. The summed E-state index contributed by atoms with van der Waals surface area (Å²) in [6, 6.07) is 7.26. The molecule has 1 aromatic carbocycles. The number of carbonyl (C=O) groups is 1. The molecule has 0 aliphatic heterocycles. The molecule has 1 unspecified atom stereocenters. The van der Waals surface area contributed by atoms with E-state index in [1.807, 2.05) is 37.5 Å². The van der Waals surface area contributed by atoms with Crippen LogP contribution in [-0.2, 0) is 11.3 Å². The van der Waals surface area contributed by atoms with Crippen LogP contribution in [0.2, 0.25) is 5.02 Å². The van der Waals surface area contributed by atoms with Crippen molar-refractivity contribution in [2.75, 3.05) is 5.32 Å². The van der Waals surface area contributed by atoms with E-state index in [4.69, 9.17) is 16.0 Å². The number of hydrogen-bond donors (Lipinski definition) is 1. The average molecular weight is 417 g/mol. The van der Waals surface area contributed by atoms with Crippen LogP contribution >= 0.6 is 23.4 Å². The smallest absolute Gasteiger partial charge is 0.237 e. The van der Waals surface area contributed by atoms with Crippen LogP contribution in [0.1, 0.15) is 18.2 Å². The Labute approximate surface area is 173 Å². The molecule has 0 saturated carbocycles. The zero-order chi connectivity index (χ0) is 20.3. The summed E-state index contributed by atoms with van der Waals surface area (Å²) < 4.78 is 7.30. The van der Waals surface area contributed by atoms with Crippen molar-refractivity contribution in [2.24, 2.45) is 0 Å². The second-order valence-electron chi connectivity index (χ2n) is 6.30. The molecule has 28 heavy (non-hydrogen) atoms. The molecule has 0 bridgehead atoms. The standard InChI is InChI=1S/C20H21ClN4O2S/c1-5-9-25-18(16-8-10-27-13(16)3)23-24-20(25)28-14(4)19(26)22-17-11-15(21)7-6-12(17)2/h5-8,10-11,14H,1,9H2,2-4H3,(H,22,26). The van der Waals surface area contributed by atoms with Crippen LogP contribution in [0, 0.1) is 13.8 Å². The minimum absolute atomic E-state index is 0.135. The van der Waals surface area contributed by atoms with Crippen molar-refractivity contribution in [1.82, 2.24) is 14.8 Å². The first-order valence-electron chi connectivity index (χ1n) is 8.73. The van der Waals surface area contributed by atoms with Gasteiger partial charge in [-0.1, -0.05) is 35.5 Å². The van der Waals surface area contributed by atoms with Gasteiger partial charge in [0.1, 0.15) is 5.76 Å². The molecule has 0 spiro atoms. The van der Waals surface area contributed by atoms with Crippen molar-refractivity contribution in [3.05, 3.63) is 59.5 Å². The minimum Gasteiger partial charge on any atom is -0.469 e. The highest BCUT2D eigenvalue weighted by Gasteiger charge is 2.22. The van der Waals surface area contributed by atoms with Crippen molar-refractivity contribution in [1.29, 1.82) is 0 Å². The Morgan fingerprint density at radius 1 is 1.39 bits per heavy atom. The Morgan fingerprint density at radius 3 is 2.86 bits per heavy atom. The lowest BCUT2D eigenvalue weighted by molar-refractivity contribution is -0.115. The third kappa shape index (κ3) is 4.31. The Kier molecular flexibility index (Phi) is 6.26. The zero-order valence-electron chi connectivity index (χ0n) is 15.9. The quantitative estimate of drug-likeness (QED) is 0.427. The van der Waals surface area contributed by atoms with Gasteiger partial charge in [0.25, 0.3) is 0 Å². The summed E-state index contributed by atoms with van der Waals surface area (Å²) >= 11 is 7.37. The van der Waals surface area contributed by atoms with Gasteiger partial charge >= 0.3 is 0 Å². The van der Waals surface area contributed by atoms with Crippen LogP contribution in [0.25, 0.3) is 11.4 Å². The van der Waals surface area contributed by atoms with Gasteiger partial charge < -0.3 is 9.73 Å². The van der Waals surface area contributed by atoms with Gasteiger partial charge in [0, 0.05) is 17.3 Å². The van der Waals surface area contributed by atoms with Crippen molar-refractivity contribution in [3.63, 3.8) is 0 Å². The van der Waals surface area contributed by atoms with Crippen molar-refractivity contribution in [3.8, 4) is 11.4 Å². The number of amides is 1. The second kappa shape index (κ2) is 8.67. The average Bonchev–Trinajstić information content (AvgIpc) is 3.24. The largest absolute Gasteiger partial charge is 0.469 e. The highest BCUT2D eigenvalue weighted by molar-refractivity contribution is 8.00. The predicted octanol–water partition coefficient (Wildman–Crippen LogP) is 5.11. The number of aromatic nitrogens is 3. The Morgan fingerprint density at radius 2 is 2.18 bits per heavy atom. The number of benzene rings is 1. The fraction of sp³-hybridized carbons (Fsp3) is 0.250. The van der Waals surface area contributed by atoms with E-state index < -0.39 is 0 Å². The molecule has 0 fully saturated rings. The van der Waals surface area contributed by atoms with E-state index in [-0.39, 0.29) is 11.2 Å². The third-order valence-electron chi connectivity index (χ3n) is 4.24. The maximum absolute atomic E-state index is 12.7. The number of thioether (sulfide) groups is 1. The molecule has 3 aromatic rings. The molecule has 0 aliphatic rings. The third-order valence-corrected chi connectivity index (χ3v) is 5.55. The van der Waals surface area contributed by atoms with Crippen LogP contribution in [0.4, 0.5) is 5.69 Å². The number of halogens is 1. The van der Waals surface area contributed by atoms with Gasteiger partial charge in [0.05, 0.1) is 17.1 Å². The molecule has 2 aromatic heterocycles. The number of anilines is 1. The molecule has 0 radical (unpaired) electrons. The summed E-state index contributed by atoms with van der Waals surface area (Å²) in [5, 5.41) is 12.3. The summed E-state index contributed by atoms with van der Waals surface area (Å²) in [5.41, 5.74) is 2.52. The van der Waals surface area contributed by atoms with Gasteiger partial charge in [-0.3, -0.25) is 9.36 Å². The number of allylic oxidation sites excluding steroid dienone is 1. The van der Waals surface area contributed by atoms with E-state index in [0.29, 0.717) is 28.2 Å². The molecule has 0 saturated heterocycles. The van der Waals surface area contributed by atoms with E-state index in [2.05, 4.69) is 22.1 Å². The summed E-state index contributed by atoms with van der Waals surface area (Å²) in [6.45, 7) is 9.96. The van der Waals surface area contributed by atoms with Crippen LogP contribution in [0.15, 0.2) is 52.8 Å². The van der Waals surface area contributed by atoms with Crippen LogP contribution in [0.3, 0.4) is 0 Å². The van der Waals surface area contributed by atoms with Crippen molar-refractivity contribution < 1.29 is 9.21 Å². The fourth-order valence-corrected chi connectivity index (χ4v) is 3.69. The topological polar surface area (TPSA) is 73.0 Å². The van der Waals surface area contributed by atoms with Gasteiger partial charge in [-0.15, -0.1) is 16.8 Å². The van der Waals surface area contributed by atoms with Crippen LogP contribution < -0.4 is 5.32 Å². The first-order chi connectivity index (χ1) is 13.4. The molecule has 2 heterocycles. The number of carbonyl (C=O) groups excluding carboxylic acids is 1. The molecule has 1 amide bonds.